The van der Waals surface area contributed by atoms with Crippen molar-refractivity contribution in [3.63, 3.8) is 0 Å². The molecule has 0 spiro atoms. The van der Waals surface area contributed by atoms with Crippen molar-refractivity contribution in [1.29, 1.82) is 0 Å². The maximum atomic E-state index is 13.1. The zero-order chi connectivity index (χ0) is 75.3. The Labute approximate surface area is 632 Å². The average molecular weight is 1510 g/mol. The summed E-state index contributed by atoms with van der Waals surface area (Å²) in [4.78, 5) is 73.0. The highest BCUT2D eigenvalue weighted by atomic mass is 31.2. The van der Waals surface area contributed by atoms with Gasteiger partial charge in [-0.2, -0.15) is 0 Å². The van der Waals surface area contributed by atoms with Crippen LogP contribution >= 0.6 is 15.6 Å². The van der Waals surface area contributed by atoms with Crippen LogP contribution in [0.4, 0.5) is 0 Å². The molecule has 0 rings (SSSR count). The number of hydrogen-bond acceptors (Lipinski definition) is 15. The number of ether oxygens (including phenoxy) is 4. The number of phosphoric ester groups is 2. The fourth-order valence-electron chi connectivity index (χ4n) is 13.2. The smallest absolute Gasteiger partial charge is 0.462 e. The summed E-state index contributed by atoms with van der Waals surface area (Å²) in [7, 11) is -9.92. The summed E-state index contributed by atoms with van der Waals surface area (Å²) >= 11 is 0. The Morgan fingerprint density at radius 3 is 0.573 bits per heavy atom. The van der Waals surface area contributed by atoms with Crippen LogP contribution in [0.3, 0.4) is 0 Å². The normalized spacial score (nSPS) is 13.7. The van der Waals surface area contributed by atoms with Gasteiger partial charge in [-0.3, -0.25) is 37.3 Å². The molecule has 0 saturated carbocycles. The summed E-state index contributed by atoms with van der Waals surface area (Å²) in [5, 5.41) is 10.6. The maximum Gasteiger partial charge on any atom is 0.472 e. The van der Waals surface area contributed by atoms with Crippen LogP contribution in [0, 0.1) is 0 Å². The number of unbranched alkanes of at least 4 members (excludes halogenated alkanes) is 59. The predicted molar refractivity (Wildman–Crippen MR) is 423 cm³/mol. The van der Waals surface area contributed by atoms with Crippen molar-refractivity contribution < 1.29 is 80.2 Å². The van der Waals surface area contributed by atoms with Gasteiger partial charge in [-0.15, -0.1) is 0 Å². The molecule has 0 amide bonds. The van der Waals surface area contributed by atoms with Crippen LogP contribution in [0.15, 0.2) is 0 Å². The van der Waals surface area contributed by atoms with Crippen molar-refractivity contribution in [3.8, 4) is 0 Å². The van der Waals surface area contributed by atoms with Crippen LogP contribution in [0.25, 0.3) is 0 Å². The average Bonchev–Trinajstić information content (AvgIpc) is 0.942. The zero-order valence-corrected chi connectivity index (χ0v) is 69.1. The molecular formula is C84H164O17P2. The summed E-state index contributed by atoms with van der Waals surface area (Å²) in [5.41, 5.74) is 0. The molecule has 0 aliphatic heterocycles. The van der Waals surface area contributed by atoms with Gasteiger partial charge < -0.3 is 33.8 Å². The van der Waals surface area contributed by atoms with Crippen molar-refractivity contribution >= 4 is 39.5 Å². The molecule has 612 valence electrons. The molecule has 103 heavy (non-hydrogen) atoms. The summed E-state index contributed by atoms with van der Waals surface area (Å²) in [6, 6.07) is 0. The highest BCUT2D eigenvalue weighted by Crippen LogP contribution is 2.45. The van der Waals surface area contributed by atoms with E-state index >= 15 is 0 Å². The van der Waals surface area contributed by atoms with Gasteiger partial charge in [-0.25, -0.2) is 9.13 Å². The van der Waals surface area contributed by atoms with E-state index in [2.05, 4.69) is 27.7 Å². The molecule has 0 aromatic rings. The molecule has 0 fully saturated rings. The molecule has 3 N–H and O–H groups in total. The second kappa shape index (κ2) is 78.2. The van der Waals surface area contributed by atoms with Crippen molar-refractivity contribution in [3.05, 3.63) is 0 Å². The molecule has 0 aromatic heterocycles. The lowest BCUT2D eigenvalue weighted by Crippen LogP contribution is -2.30. The lowest BCUT2D eigenvalue weighted by atomic mass is 10.0. The second-order valence-corrected chi connectivity index (χ2v) is 33.1. The minimum Gasteiger partial charge on any atom is -0.462 e. The fourth-order valence-corrected chi connectivity index (χ4v) is 14.7. The molecule has 0 aromatic carbocycles. The van der Waals surface area contributed by atoms with Gasteiger partial charge in [0.15, 0.2) is 12.2 Å². The fraction of sp³-hybridized carbons (Fsp3) is 0.952. The van der Waals surface area contributed by atoms with E-state index in [1.54, 1.807) is 0 Å². The second-order valence-electron chi connectivity index (χ2n) is 30.2. The molecule has 0 heterocycles. The van der Waals surface area contributed by atoms with Gasteiger partial charge in [-0.05, 0) is 25.7 Å². The molecule has 0 saturated heterocycles. The Hall–Kier alpha value is -1.94. The van der Waals surface area contributed by atoms with Crippen LogP contribution in [0.5, 0.6) is 0 Å². The first-order chi connectivity index (χ1) is 50.2. The summed E-state index contributed by atoms with van der Waals surface area (Å²) in [6.07, 6.45) is 72.4. The third kappa shape index (κ3) is 78.0. The van der Waals surface area contributed by atoms with Gasteiger partial charge in [0, 0.05) is 25.7 Å². The Balaban J connectivity index is 5.18. The third-order valence-corrected chi connectivity index (χ3v) is 21.8. The van der Waals surface area contributed by atoms with Crippen molar-refractivity contribution in [1.82, 2.24) is 0 Å². The molecular weight excluding hydrogens is 1340 g/mol. The van der Waals surface area contributed by atoms with Gasteiger partial charge in [0.2, 0.25) is 0 Å². The van der Waals surface area contributed by atoms with E-state index in [0.29, 0.717) is 25.7 Å². The van der Waals surface area contributed by atoms with E-state index in [1.165, 1.54) is 289 Å². The predicted octanol–water partition coefficient (Wildman–Crippen LogP) is 25.7. The number of hydrogen-bond donors (Lipinski definition) is 3. The molecule has 17 nitrogen and oxygen atoms in total. The van der Waals surface area contributed by atoms with Gasteiger partial charge >= 0.3 is 39.5 Å². The van der Waals surface area contributed by atoms with Crippen molar-refractivity contribution in [2.45, 2.75) is 476 Å². The first-order valence-electron chi connectivity index (χ1n) is 43.8. The first-order valence-corrected chi connectivity index (χ1v) is 46.8. The quantitative estimate of drug-likeness (QED) is 0.0222. The summed E-state index contributed by atoms with van der Waals surface area (Å²) in [5.74, 6) is -2.10. The first kappa shape index (κ1) is 101. The Bertz CT molecular complexity index is 1950. The van der Waals surface area contributed by atoms with Crippen molar-refractivity contribution in [2.24, 2.45) is 0 Å². The van der Waals surface area contributed by atoms with Gasteiger partial charge in [0.05, 0.1) is 26.4 Å². The number of rotatable bonds is 85. The minimum absolute atomic E-state index is 0.108. The van der Waals surface area contributed by atoms with Crippen LogP contribution in [0.1, 0.15) is 458 Å². The Morgan fingerprint density at radius 1 is 0.233 bits per heavy atom. The summed E-state index contributed by atoms with van der Waals surface area (Å²) in [6.45, 7) is 5.02. The van der Waals surface area contributed by atoms with Crippen LogP contribution < -0.4 is 0 Å². The van der Waals surface area contributed by atoms with E-state index in [0.717, 1.165) is 89.9 Å². The standard InChI is InChI=1S/C84H164O17P2/c1-5-9-13-17-21-25-29-31-33-35-37-39-40-42-44-46-48-51-55-59-63-67-71-84(89)101-80(75-95-82(87)69-65-61-57-53-50-47-45-43-41-38-36-34-32-30-26-22-18-14-10-6-2)77-99-103(92,93)97-73-78(85)72-96-102(90,91)98-76-79(74-94-81(86)68-64-60-56-52-28-24-20-16-12-8-4)100-83(88)70-66-62-58-54-49-27-23-19-15-11-7-3/h78-80,85H,5-77H2,1-4H3,(H,90,91)(H,92,93)/t78-,79+,80+/m0/s1. The van der Waals surface area contributed by atoms with Gasteiger partial charge in [0.1, 0.15) is 19.3 Å². The van der Waals surface area contributed by atoms with Crippen molar-refractivity contribution in [2.75, 3.05) is 39.6 Å². The number of phosphoric acid groups is 2. The minimum atomic E-state index is -4.96. The monoisotopic (exact) mass is 1510 g/mol. The maximum absolute atomic E-state index is 13.1. The molecule has 5 atom stereocenters. The Morgan fingerprint density at radius 2 is 0.388 bits per heavy atom. The largest absolute Gasteiger partial charge is 0.472 e. The lowest BCUT2D eigenvalue weighted by molar-refractivity contribution is -0.161. The van der Waals surface area contributed by atoms with E-state index in [1.807, 2.05) is 0 Å². The number of aliphatic hydroxyl groups is 1. The summed E-state index contributed by atoms with van der Waals surface area (Å²) < 4.78 is 68.7. The lowest BCUT2D eigenvalue weighted by Gasteiger charge is -2.21. The molecule has 0 radical (unpaired) electrons. The molecule has 2 unspecified atom stereocenters. The molecule has 0 aliphatic rings. The SMILES string of the molecule is CCCCCCCCCCCCCCCCCCCCCCCCC(=O)O[C@H](COC(=O)CCCCCCCCCCCCCCCCCCCCCC)COP(=O)(O)OC[C@@H](O)COP(=O)(O)OC[C@@H](COC(=O)CCCCCCCCCCCC)OC(=O)CCCCCCCCCCCCC. The molecule has 0 aliphatic carbocycles. The topological polar surface area (TPSA) is 237 Å². The number of esters is 4. The van der Waals surface area contributed by atoms with E-state index in [9.17, 15) is 43.2 Å². The van der Waals surface area contributed by atoms with E-state index in [4.69, 9.17) is 37.0 Å². The van der Waals surface area contributed by atoms with Crippen LogP contribution in [-0.4, -0.2) is 96.7 Å². The van der Waals surface area contributed by atoms with Gasteiger partial charge in [-0.1, -0.05) is 407 Å². The van der Waals surface area contributed by atoms with Gasteiger partial charge in [0.25, 0.3) is 0 Å². The number of aliphatic hydroxyl groups excluding tert-OH is 1. The highest BCUT2D eigenvalue weighted by Gasteiger charge is 2.30. The molecule has 19 heteroatoms. The van der Waals surface area contributed by atoms with Crippen LogP contribution in [0.2, 0.25) is 0 Å². The molecule has 0 bridgehead atoms. The van der Waals surface area contributed by atoms with E-state index in [-0.39, 0.29) is 25.7 Å². The zero-order valence-electron chi connectivity index (χ0n) is 67.3. The van der Waals surface area contributed by atoms with Crippen LogP contribution in [-0.2, 0) is 65.4 Å². The number of carbonyl (C=O) groups is 4. The highest BCUT2D eigenvalue weighted by molar-refractivity contribution is 7.47. The third-order valence-electron chi connectivity index (χ3n) is 19.9. The number of carbonyl (C=O) groups excluding carboxylic acids is 4. The van der Waals surface area contributed by atoms with E-state index < -0.39 is 97.5 Å². The Kier molecular flexibility index (Phi) is 76.7.